The summed E-state index contributed by atoms with van der Waals surface area (Å²) in [6.45, 7) is 0. The second-order valence-corrected chi connectivity index (χ2v) is 4.57. The summed E-state index contributed by atoms with van der Waals surface area (Å²) in [4.78, 5) is 15.7. The lowest BCUT2D eigenvalue weighted by Gasteiger charge is -2.09. The first-order valence-corrected chi connectivity index (χ1v) is 6.68. The van der Waals surface area contributed by atoms with E-state index < -0.39 is 0 Å². The van der Waals surface area contributed by atoms with Crippen molar-refractivity contribution in [3.05, 3.63) is 52.8 Å². The Balaban J connectivity index is 2.12. The van der Waals surface area contributed by atoms with E-state index in [2.05, 4.69) is 15.5 Å². The van der Waals surface area contributed by atoms with Gasteiger partial charge in [0, 0.05) is 29.6 Å². The van der Waals surface area contributed by atoms with Crippen LogP contribution in [0.3, 0.4) is 0 Å². The fourth-order valence-corrected chi connectivity index (χ4v) is 1.90. The SMILES string of the molecule is COc1cc(Cl)c(C=NNC(=O)c2ccncc2)cc1OC. The Morgan fingerprint density at radius 3 is 2.50 bits per heavy atom. The molecule has 1 heterocycles. The summed E-state index contributed by atoms with van der Waals surface area (Å²) >= 11 is 6.12. The van der Waals surface area contributed by atoms with Gasteiger partial charge in [-0.05, 0) is 18.2 Å². The topological polar surface area (TPSA) is 72.8 Å². The molecule has 0 fully saturated rings. The molecule has 0 unspecified atom stereocenters. The molecule has 7 heteroatoms. The van der Waals surface area contributed by atoms with E-state index in [-0.39, 0.29) is 5.91 Å². The third-order valence-electron chi connectivity index (χ3n) is 2.82. The van der Waals surface area contributed by atoms with E-state index in [0.717, 1.165) is 0 Å². The zero-order chi connectivity index (χ0) is 15.9. The number of hydrazone groups is 1. The van der Waals surface area contributed by atoms with Crippen molar-refractivity contribution in [2.24, 2.45) is 5.10 Å². The van der Waals surface area contributed by atoms with Gasteiger partial charge in [-0.1, -0.05) is 11.6 Å². The lowest BCUT2D eigenvalue weighted by Crippen LogP contribution is -2.17. The maximum atomic E-state index is 11.8. The molecule has 0 spiro atoms. The summed E-state index contributed by atoms with van der Waals surface area (Å²) in [5, 5.41) is 4.31. The highest BCUT2D eigenvalue weighted by molar-refractivity contribution is 6.33. The van der Waals surface area contributed by atoms with Crippen molar-refractivity contribution >= 4 is 23.7 Å². The monoisotopic (exact) mass is 319 g/mol. The number of methoxy groups -OCH3 is 2. The van der Waals surface area contributed by atoms with Crippen LogP contribution in [0.1, 0.15) is 15.9 Å². The van der Waals surface area contributed by atoms with Gasteiger partial charge in [0.1, 0.15) is 0 Å². The number of carbonyl (C=O) groups is 1. The van der Waals surface area contributed by atoms with Gasteiger partial charge in [0.15, 0.2) is 11.5 Å². The molecular weight excluding hydrogens is 306 g/mol. The number of hydrogen-bond donors (Lipinski definition) is 1. The van der Waals surface area contributed by atoms with Crippen molar-refractivity contribution in [3.63, 3.8) is 0 Å². The van der Waals surface area contributed by atoms with Crippen LogP contribution < -0.4 is 14.9 Å². The summed E-state index contributed by atoms with van der Waals surface area (Å²) in [6.07, 6.45) is 4.50. The highest BCUT2D eigenvalue weighted by Crippen LogP contribution is 2.32. The highest BCUT2D eigenvalue weighted by Gasteiger charge is 2.08. The minimum Gasteiger partial charge on any atom is -0.493 e. The molecule has 0 saturated heterocycles. The lowest BCUT2D eigenvalue weighted by atomic mass is 10.2. The molecule has 0 radical (unpaired) electrons. The quantitative estimate of drug-likeness (QED) is 0.679. The van der Waals surface area contributed by atoms with Crippen LogP contribution in [0.5, 0.6) is 11.5 Å². The number of amides is 1. The number of halogens is 1. The molecule has 0 aliphatic carbocycles. The largest absolute Gasteiger partial charge is 0.493 e. The summed E-state index contributed by atoms with van der Waals surface area (Å²) < 4.78 is 10.3. The summed E-state index contributed by atoms with van der Waals surface area (Å²) in [7, 11) is 3.05. The molecule has 0 aliphatic rings. The van der Waals surface area contributed by atoms with Gasteiger partial charge < -0.3 is 9.47 Å². The molecule has 1 N–H and O–H groups in total. The van der Waals surface area contributed by atoms with Gasteiger partial charge >= 0.3 is 0 Å². The minimum atomic E-state index is -0.338. The van der Waals surface area contributed by atoms with Gasteiger partial charge in [0.2, 0.25) is 0 Å². The number of pyridine rings is 1. The third kappa shape index (κ3) is 3.73. The zero-order valence-corrected chi connectivity index (χ0v) is 12.8. The van der Waals surface area contributed by atoms with Gasteiger partial charge in [0.25, 0.3) is 5.91 Å². The van der Waals surface area contributed by atoms with Crippen molar-refractivity contribution in [2.45, 2.75) is 0 Å². The molecule has 0 saturated carbocycles. The van der Waals surface area contributed by atoms with Crippen LogP contribution in [0.4, 0.5) is 0 Å². The number of benzene rings is 1. The van der Waals surface area contributed by atoms with E-state index in [1.54, 1.807) is 24.3 Å². The Morgan fingerprint density at radius 1 is 1.23 bits per heavy atom. The zero-order valence-electron chi connectivity index (χ0n) is 12.0. The number of carbonyl (C=O) groups excluding carboxylic acids is 1. The maximum Gasteiger partial charge on any atom is 0.271 e. The molecule has 0 atom stereocenters. The Bertz CT molecular complexity index is 690. The number of aromatic nitrogens is 1. The van der Waals surface area contributed by atoms with Crippen LogP contribution in [-0.4, -0.2) is 31.3 Å². The van der Waals surface area contributed by atoms with E-state index in [9.17, 15) is 4.79 Å². The molecule has 6 nitrogen and oxygen atoms in total. The predicted molar refractivity (Wildman–Crippen MR) is 83.9 cm³/mol. The van der Waals surface area contributed by atoms with E-state index >= 15 is 0 Å². The van der Waals surface area contributed by atoms with Crippen LogP contribution in [0.15, 0.2) is 41.8 Å². The molecular formula is C15H14ClN3O3. The molecule has 1 aromatic heterocycles. The number of hydrogen-bond acceptors (Lipinski definition) is 5. The standard InChI is InChI=1S/C15H14ClN3O3/c1-21-13-7-11(12(16)8-14(13)22-2)9-18-19-15(20)10-3-5-17-6-4-10/h3-9H,1-2H3,(H,19,20). The molecule has 1 aromatic carbocycles. The van der Waals surface area contributed by atoms with Gasteiger partial charge in [-0.25, -0.2) is 5.43 Å². The highest BCUT2D eigenvalue weighted by atomic mass is 35.5. The van der Waals surface area contributed by atoms with Crippen LogP contribution in [0.25, 0.3) is 0 Å². The summed E-state index contributed by atoms with van der Waals surface area (Å²) in [6, 6.07) is 6.47. The van der Waals surface area contributed by atoms with E-state index in [1.165, 1.54) is 32.8 Å². The second-order valence-electron chi connectivity index (χ2n) is 4.16. The van der Waals surface area contributed by atoms with Crippen LogP contribution >= 0.6 is 11.6 Å². The average Bonchev–Trinajstić information content (AvgIpc) is 2.56. The molecule has 0 aliphatic heterocycles. The second kappa shape index (κ2) is 7.42. The van der Waals surface area contributed by atoms with Crippen molar-refractivity contribution in [2.75, 3.05) is 14.2 Å². The van der Waals surface area contributed by atoms with E-state index in [1.807, 2.05) is 0 Å². The number of nitrogens with zero attached hydrogens (tertiary/aromatic N) is 2. The molecule has 22 heavy (non-hydrogen) atoms. The number of nitrogens with one attached hydrogen (secondary N) is 1. The first-order chi connectivity index (χ1) is 10.7. The smallest absolute Gasteiger partial charge is 0.271 e. The molecule has 1 amide bonds. The van der Waals surface area contributed by atoms with Gasteiger partial charge in [0.05, 0.1) is 25.5 Å². The molecule has 0 bridgehead atoms. The van der Waals surface area contributed by atoms with Crippen LogP contribution in [-0.2, 0) is 0 Å². The first kappa shape index (κ1) is 15.8. The molecule has 2 rings (SSSR count). The fraction of sp³-hybridized carbons (Fsp3) is 0.133. The van der Waals surface area contributed by atoms with Crippen molar-refractivity contribution < 1.29 is 14.3 Å². The first-order valence-electron chi connectivity index (χ1n) is 6.30. The van der Waals surface area contributed by atoms with Gasteiger partial charge in [-0.3, -0.25) is 9.78 Å². The van der Waals surface area contributed by atoms with Crippen molar-refractivity contribution in [1.82, 2.24) is 10.4 Å². The Morgan fingerprint density at radius 2 is 1.86 bits per heavy atom. The van der Waals surface area contributed by atoms with Crippen LogP contribution in [0, 0.1) is 0 Å². The minimum absolute atomic E-state index is 0.338. The Labute approximate surface area is 132 Å². The fourth-order valence-electron chi connectivity index (χ4n) is 1.70. The summed E-state index contributed by atoms with van der Waals surface area (Å²) in [5.41, 5.74) is 3.47. The Hall–Kier alpha value is -2.60. The van der Waals surface area contributed by atoms with Crippen molar-refractivity contribution in [3.8, 4) is 11.5 Å². The van der Waals surface area contributed by atoms with Crippen LogP contribution in [0.2, 0.25) is 5.02 Å². The maximum absolute atomic E-state index is 11.8. The molecule has 2 aromatic rings. The Kier molecular flexibility index (Phi) is 5.32. The third-order valence-corrected chi connectivity index (χ3v) is 3.14. The summed E-state index contributed by atoms with van der Waals surface area (Å²) in [5.74, 6) is 0.703. The van der Waals surface area contributed by atoms with E-state index in [0.29, 0.717) is 27.6 Å². The van der Waals surface area contributed by atoms with E-state index in [4.69, 9.17) is 21.1 Å². The van der Waals surface area contributed by atoms with Crippen molar-refractivity contribution in [1.29, 1.82) is 0 Å². The molecule has 114 valence electrons. The normalized spacial score (nSPS) is 10.5. The lowest BCUT2D eigenvalue weighted by molar-refractivity contribution is 0.0955. The predicted octanol–water partition coefficient (Wildman–Crippen LogP) is 2.52. The van der Waals surface area contributed by atoms with Gasteiger partial charge in [-0.15, -0.1) is 0 Å². The average molecular weight is 320 g/mol. The number of ether oxygens (including phenoxy) is 2. The van der Waals surface area contributed by atoms with Gasteiger partial charge in [-0.2, -0.15) is 5.10 Å². The number of rotatable bonds is 5.